The van der Waals surface area contributed by atoms with Crippen LogP contribution in [-0.4, -0.2) is 46.8 Å². The minimum atomic E-state index is -0.0211. The number of carbonyl (C=O) groups is 1. The summed E-state index contributed by atoms with van der Waals surface area (Å²) in [7, 11) is 1.91. The summed E-state index contributed by atoms with van der Waals surface area (Å²) in [5, 5.41) is 9.29. The lowest BCUT2D eigenvalue weighted by atomic mass is 10.1. The van der Waals surface area contributed by atoms with E-state index in [1.165, 1.54) is 19.3 Å². The van der Waals surface area contributed by atoms with Crippen molar-refractivity contribution in [3.63, 3.8) is 0 Å². The molecular weight excluding hydrogens is 396 g/mol. The lowest BCUT2D eigenvalue weighted by Crippen LogP contribution is -2.33. The van der Waals surface area contributed by atoms with Gasteiger partial charge in [-0.2, -0.15) is 5.10 Å². The molecule has 1 aliphatic heterocycles. The van der Waals surface area contributed by atoms with E-state index < -0.39 is 0 Å². The Hall–Kier alpha value is -2.64. The number of aryl methyl sites for hydroxylation is 1. The van der Waals surface area contributed by atoms with Gasteiger partial charge in [0.05, 0.1) is 12.1 Å². The fourth-order valence-electron chi connectivity index (χ4n) is 3.82. The molecule has 1 amide bonds. The summed E-state index contributed by atoms with van der Waals surface area (Å²) in [6.45, 7) is 3.90. The second kappa shape index (κ2) is 9.91. The Morgan fingerprint density at radius 3 is 2.80 bits per heavy atom. The number of anilines is 1. The molecule has 158 valence electrons. The number of hydrogen-bond acceptors (Lipinski definition) is 5. The van der Waals surface area contributed by atoms with Crippen molar-refractivity contribution in [1.82, 2.24) is 14.7 Å². The molecule has 4 rings (SSSR count). The molecular formula is C23H28N4O2S. The molecule has 0 atom stereocenters. The van der Waals surface area contributed by atoms with Crippen molar-refractivity contribution in [2.75, 3.05) is 31.6 Å². The number of nitrogens with zero attached hydrogens (tertiary/aromatic N) is 3. The van der Waals surface area contributed by atoms with Gasteiger partial charge < -0.3 is 10.1 Å². The van der Waals surface area contributed by atoms with E-state index in [0.717, 1.165) is 47.2 Å². The SMILES string of the molecule is Cn1nccc1-c1cc(NC(=O)Cc2cccs2)ccc1OCCN1CCCCC1. The molecule has 3 aromatic rings. The molecule has 1 aromatic carbocycles. The highest BCUT2D eigenvalue weighted by molar-refractivity contribution is 7.10. The molecule has 30 heavy (non-hydrogen) atoms. The van der Waals surface area contributed by atoms with Crippen molar-refractivity contribution in [3.8, 4) is 17.0 Å². The van der Waals surface area contributed by atoms with Crippen LogP contribution < -0.4 is 10.1 Å². The average Bonchev–Trinajstić information content (AvgIpc) is 3.41. The van der Waals surface area contributed by atoms with Gasteiger partial charge in [-0.3, -0.25) is 14.4 Å². The molecule has 3 heterocycles. The largest absolute Gasteiger partial charge is 0.492 e. The van der Waals surface area contributed by atoms with Gasteiger partial charge in [0.2, 0.25) is 5.91 Å². The maximum absolute atomic E-state index is 12.4. The van der Waals surface area contributed by atoms with Gasteiger partial charge in [0.1, 0.15) is 12.4 Å². The van der Waals surface area contributed by atoms with Crippen molar-refractivity contribution >= 4 is 22.9 Å². The van der Waals surface area contributed by atoms with Crippen LogP contribution in [0.2, 0.25) is 0 Å². The van der Waals surface area contributed by atoms with Crippen LogP contribution in [-0.2, 0) is 18.3 Å². The molecule has 1 N–H and O–H groups in total. The molecule has 6 nitrogen and oxygen atoms in total. The predicted molar refractivity (Wildman–Crippen MR) is 121 cm³/mol. The quantitative estimate of drug-likeness (QED) is 0.589. The first kappa shape index (κ1) is 20.6. The highest BCUT2D eigenvalue weighted by Crippen LogP contribution is 2.32. The van der Waals surface area contributed by atoms with Gasteiger partial charge in [-0.25, -0.2) is 0 Å². The molecule has 0 saturated carbocycles. The molecule has 0 radical (unpaired) electrons. The number of amides is 1. The third-order valence-electron chi connectivity index (χ3n) is 5.39. The van der Waals surface area contributed by atoms with Gasteiger partial charge in [0, 0.05) is 35.9 Å². The topological polar surface area (TPSA) is 59.4 Å². The van der Waals surface area contributed by atoms with Crippen LogP contribution in [0.1, 0.15) is 24.1 Å². The lowest BCUT2D eigenvalue weighted by molar-refractivity contribution is -0.115. The fraction of sp³-hybridized carbons (Fsp3) is 0.391. The van der Waals surface area contributed by atoms with E-state index in [1.807, 2.05) is 53.5 Å². The molecule has 0 spiro atoms. The van der Waals surface area contributed by atoms with Gasteiger partial charge in [-0.15, -0.1) is 11.3 Å². The summed E-state index contributed by atoms with van der Waals surface area (Å²) in [4.78, 5) is 15.9. The van der Waals surface area contributed by atoms with E-state index in [0.29, 0.717) is 13.0 Å². The summed E-state index contributed by atoms with van der Waals surface area (Å²) in [5.74, 6) is 0.791. The number of rotatable bonds is 8. The zero-order chi connectivity index (χ0) is 20.8. The van der Waals surface area contributed by atoms with E-state index in [9.17, 15) is 4.79 Å². The maximum Gasteiger partial charge on any atom is 0.229 e. The average molecular weight is 425 g/mol. The van der Waals surface area contributed by atoms with Gasteiger partial charge in [-0.1, -0.05) is 12.5 Å². The maximum atomic E-state index is 12.4. The first-order valence-electron chi connectivity index (χ1n) is 10.5. The minimum Gasteiger partial charge on any atom is -0.492 e. The standard InChI is InChI=1S/C23H28N4O2S/c1-26-21(9-10-24-26)20-16-18(25-23(28)17-19-6-5-15-30-19)7-8-22(20)29-14-13-27-11-3-2-4-12-27/h5-10,15-16H,2-4,11-14,17H2,1H3,(H,25,28). The Labute approximate surface area is 181 Å². The zero-order valence-corrected chi connectivity index (χ0v) is 18.2. The first-order valence-corrected chi connectivity index (χ1v) is 11.4. The zero-order valence-electron chi connectivity index (χ0n) is 17.3. The highest BCUT2D eigenvalue weighted by atomic mass is 32.1. The third-order valence-corrected chi connectivity index (χ3v) is 6.27. The minimum absolute atomic E-state index is 0.0211. The summed E-state index contributed by atoms with van der Waals surface area (Å²) in [6, 6.07) is 11.7. The Kier molecular flexibility index (Phi) is 6.81. The monoisotopic (exact) mass is 424 g/mol. The van der Waals surface area contributed by atoms with Crippen molar-refractivity contribution in [2.24, 2.45) is 7.05 Å². The summed E-state index contributed by atoms with van der Waals surface area (Å²) < 4.78 is 7.99. The van der Waals surface area contributed by atoms with Crippen molar-refractivity contribution < 1.29 is 9.53 Å². The molecule has 0 aliphatic carbocycles. The van der Waals surface area contributed by atoms with Crippen molar-refractivity contribution in [3.05, 3.63) is 52.9 Å². The second-order valence-corrected chi connectivity index (χ2v) is 8.64. The number of carbonyl (C=O) groups excluding carboxylic acids is 1. The van der Waals surface area contributed by atoms with Crippen LogP contribution in [0.5, 0.6) is 5.75 Å². The number of thiophene rings is 1. The molecule has 0 bridgehead atoms. The number of piperidine rings is 1. The van der Waals surface area contributed by atoms with E-state index in [2.05, 4.69) is 15.3 Å². The first-order chi connectivity index (χ1) is 14.7. The molecule has 1 saturated heterocycles. The van der Waals surface area contributed by atoms with Crippen LogP contribution in [0, 0.1) is 0 Å². The van der Waals surface area contributed by atoms with Crippen LogP contribution in [0.4, 0.5) is 5.69 Å². The normalized spacial score (nSPS) is 14.6. The Morgan fingerprint density at radius 1 is 1.20 bits per heavy atom. The number of likely N-dealkylation sites (tertiary alicyclic amines) is 1. The number of benzene rings is 1. The number of hydrogen-bond donors (Lipinski definition) is 1. The van der Waals surface area contributed by atoms with Crippen molar-refractivity contribution in [1.29, 1.82) is 0 Å². The molecule has 1 aliphatic rings. The van der Waals surface area contributed by atoms with Crippen molar-refractivity contribution in [2.45, 2.75) is 25.7 Å². The third kappa shape index (κ3) is 5.29. The Bertz CT molecular complexity index is 962. The molecule has 7 heteroatoms. The lowest BCUT2D eigenvalue weighted by Gasteiger charge is -2.26. The van der Waals surface area contributed by atoms with E-state index in [4.69, 9.17) is 4.74 Å². The summed E-state index contributed by atoms with van der Waals surface area (Å²) >= 11 is 1.59. The molecule has 1 fully saturated rings. The molecule has 0 unspecified atom stereocenters. The number of aromatic nitrogens is 2. The van der Waals surface area contributed by atoms with E-state index in [-0.39, 0.29) is 5.91 Å². The van der Waals surface area contributed by atoms with E-state index in [1.54, 1.807) is 17.5 Å². The fourth-order valence-corrected chi connectivity index (χ4v) is 4.52. The van der Waals surface area contributed by atoms with Crippen LogP contribution in [0.3, 0.4) is 0 Å². The number of nitrogens with one attached hydrogen (secondary N) is 1. The predicted octanol–water partition coefficient (Wildman–Crippen LogP) is 4.19. The number of ether oxygens (including phenoxy) is 1. The van der Waals surface area contributed by atoms with Crippen LogP contribution in [0.25, 0.3) is 11.3 Å². The van der Waals surface area contributed by atoms with Crippen LogP contribution >= 0.6 is 11.3 Å². The smallest absolute Gasteiger partial charge is 0.229 e. The summed E-state index contributed by atoms with van der Waals surface area (Å²) in [6.07, 6.45) is 6.05. The summed E-state index contributed by atoms with van der Waals surface area (Å²) in [5.41, 5.74) is 2.65. The van der Waals surface area contributed by atoms with Gasteiger partial charge >= 0.3 is 0 Å². The Balaban J connectivity index is 1.46. The van der Waals surface area contributed by atoms with Crippen LogP contribution in [0.15, 0.2) is 48.0 Å². The van der Waals surface area contributed by atoms with Gasteiger partial charge in [0.25, 0.3) is 0 Å². The molecule has 2 aromatic heterocycles. The highest BCUT2D eigenvalue weighted by Gasteiger charge is 2.14. The second-order valence-electron chi connectivity index (χ2n) is 7.61. The van der Waals surface area contributed by atoms with Gasteiger partial charge in [0.15, 0.2) is 0 Å². The van der Waals surface area contributed by atoms with E-state index >= 15 is 0 Å². The van der Waals surface area contributed by atoms with Gasteiger partial charge in [-0.05, 0) is 61.6 Å². The Morgan fingerprint density at radius 2 is 2.07 bits per heavy atom.